The number of carbonyl (C=O) groups excluding carboxylic acids is 1. The van der Waals surface area contributed by atoms with E-state index in [2.05, 4.69) is 17.2 Å². The third kappa shape index (κ3) is 3.75. The molecule has 2 aliphatic rings. The molecule has 1 aromatic carbocycles. The zero-order valence-electron chi connectivity index (χ0n) is 16.1. The van der Waals surface area contributed by atoms with E-state index in [1.54, 1.807) is 0 Å². The number of rotatable bonds is 3. The average Bonchev–Trinajstić information content (AvgIpc) is 3.04. The number of imidazole rings is 1. The molecule has 6 nitrogen and oxygen atoms in total. The van der Waals surface area contributed by atoms with Gasteiger partial charge in [0, 0.05) is 25.2 Å². The minimum Gasteiger partial charge on any atom is -0.335 e. The van der Waals surface area contributed by atoms with Crippen LogP contribution >= 0.6 is 0 Å². The van der Waals surface area contributed by atoms with Gasteiger partial charge in [-0.2, -0.15) is 0 Å². The van der Waals surface area contributed by atoms with Crippen LogP contribution in [0.4, 0.5) is 4.79 Å². The summed E-state index contributed by atoms with van der Waals surface area (Å²) in [5.74, 6) is 0.616. The van der Waals surface area contributed by atoms with E-state index in [0.717, 1.165) is 23.9 Å². The standard InChI is InChI=1S/C21H30N4O2/c1-15(16-7-3-2-4-8-16)22-20(26)24-13-11-17(12-14-24)25-19-10-6-5-9-18(19)23-21(25)27/h5-6,9-10,15-17H,2-4,7-8,11-14H2,1H3,(H,22,26)(H,23,27). The molecule has 0 spiro atoms. The van der Waals surface area contributed by atoms with Gasteiger partial charge < -0.3 is 15.2 Å². The van der Waals surface area contributed by atoms with Crippen molar-refractivity contribution in [2.45, 2.75) is 64.0 Å². The van der Waals surface area contributed by atoms with Gasteiger partial charge in [0.1, 0.15) is 0 Å². The molecule has 27 heavy (non-hydrogen) atoms. The van der Waals surface area contributed by atoms with Gasteiger partial charge in [0.05, 0.1) is 11.0 Å². The van der Waals surface area contributed by atoms with Crippen LogP contribution in [0.5, 0.6) is 0 Å². The quantitative estimate of drug-likeness (QED) is 0.866. The fraction of sp³-hybridized carbons (Fsp3) is 0.619. The van der Waals surface area contributed by atoms with Crippen LogP contribution in [0.15, 0.2) is 29.1 Å². The Morgan fingerprint density at radius 2 is 1.81 bits per heavy atom. The van der Waals surface area contributed by atoms with Crippen LogP contribution in [0.3, 0.4) is 0 Å². The third-order valence-electron chi connectivity index (χ3n) is 6.45. The molecule has 6 heteroatoms. The van der Waals surface area contributed by atoms with Crippen molar-refractivity contribution >= 4 is 17.1 Å². The molecule has 4 rings (SSSR count). The number of nitrogens with one attached hydrogen (secondary N) is 2. The number of aromatic amines is 1. The Hall–Kier alpha value is -2.24. The predicted octanol–water partition coefficient (Wildman–Crippen LogP) is 3.64. The molecule has 2 amide bonds. The largest absolute Gasteiger partial charge is 0.335 e. The number of hydrogen-bond donors (Lipinski definition) is 2. The molecule has 1 unspecified atom stereocenters. The van der Waals surface area contributed by atoms with Gasteiger partial charge in [-0.15, -0.1) is 0 Å². The van der Waals surface area contributed by atoms with Gasteiger partial charge in [-0.05, 0) is 50.7 Å². The molecule has 2 N–H and O–H groups in total. The van der Waals surface area contributed by atoms with Crippen LogP contribution < -0.4 is 11.0 Å². The highest BCUT2D eigenvalue weighted by Crippen LogP contribution is 2.27. The summed E-state index contributed by atoms with van der Waals surface area (Å²) in [5.41, 5.74) is 1.78. The van der Waals surface area contributed by atoms with Crippen LogP contribution in [0.25, 0.3) is 11.0 Å². The van der Waals surface area contributed by atoms with Gasteiger partial charge in [0.15, 0.2) is 0 Å². The number of amides is 2. The highest BCUT2D eigenvalue weighted by atomic mass is 16.2. The van der Waals surface area contributed by atoms with E-state index < -0.39 is 0 Å². The van der Waals surface area contributed by atoms with Crippen molar-refractivity contribution < 1.29 is 4.79 Å². The maximum atomic E-state index is 12.7. The number of carbonyl (C=O) groups is 1. The SMILES string of the molecule is CC(NC(=O)N1CCC(n2c(=O)[nH]c3ccccc32)CC1)C1CCCCC1. The molecule has 1 aliphatic carbocycles. The molecule has 146 valence electrons. The van der Waals surface area contributed by atoms with Crippen molar-refractivity contribution in [1.82, 2.24) is 19.8 Å². The molecular weight excluding hydrogens is 340 g/mol. The first kappa shape index (κ1) is 18.1. The molecule has 1 atom stereocenters. The fourth-order valence-electron chi connectivity index (χ4n) is 4.80. The van der Waals surface area contributed by atoms with Crippen LogP contribution in [-0.2, 0) is 0 Å². The summed E-state index contributed by atoms with van der Waals surface area (Å²) in [4.78, 5) is 29.9. The number of aromatic nitrogens is 2. The first-order valence-electron chi connectivity index (χ1n) is 10.4. The van der Waals surface area contributed by atoms with Crippen molar-refractivity contribution in [3.63, 3.8) is 0 Å². The average molecular weight is 370 g/mol. The van der Waals surface area contributed by atoms with Crippen LogP contribution in [0.1, 0.15) is 57.9 Å². The summed E-state index contributed by atoms with van der Waals surface area (Å²) in [6.07, 6.45) is 7.99. The van der Waals surface area contributed by atoms with E-state index in [1.165, 1.54) is 32.1 Å². The number of benzene rings is 1. The minimum absolute atomic E-state index is 0.0509. The van der Waals surface area contributed by atoms with Crippen molar-refractivity contribution in [3.05, 3.63) is 34.7 Å². The topological polar surface area (TPSA) is 70.1 Å². The van der Waals surface area contributed by atoms with Crippen molar-refractivity contribution in [2.75, 3.05) is 13.1 Å². The molecule has 2 aromatic rings. The van der Waals surface area contributed by atoms with Gasteiger partial charge in [-0.25, -0.2) is 9.59 Å². The first-order chi connectivity index (χ1) is 13.1. The molecule has 0 bridgehead atoms. The Morgan fingerprint density at radius 3 is 2.56 bits per heavy atom. The summed E-state index contributed by atoms with van der Waals surface area (Å²) in [5, 5.41) is 3.22. The van der Waals surface area contributed by atoms with Gasteiger partial charge in [0.25, 0.3) is 0 Å². The van der Waals surface area contributed by atoms with Crippen molar-refractivity contribution in [1.29, 1.82) is 0 Å². The lowest BCUT2D eigenvalue weighted by atomic mass is 9.84. The molecule has 1 aliphatic heterocycles. The second-order valence-electron chi connectivity index (χ2n) is 8.17. The van der Waals surface area contributed by atoms with Crippen molar-refractivity contribution in [2.24, 2.45) is 5.92 Å². The number of fused-ring (bicyclic) bond motifs is 1. The third-order valence-corrected chi connectivity index (χ3v) is 6.45. The Kier molecular flexibility index (Phi) is 5.23. The molecule has 1 saturated heterocycles. The number of likely N-dealkylation sites (tertiary alicyclic amines) is 1. The van der Waals surface area contributed by atoms with E-state index in [4.69, 9.17) is 0 Å². The van der Waals surface area contributed by atoms with E-state index in [-0.39, 0.29) is 23.8 Å². The number of urea groups is 1. The van der Waals surface area contributed by atoms with Crippen LogP contribution in [0, 0.1) is 5.92 Å². The summed E-state index contributed by atoms with van der Waals surface area (Å²) in [6.45, 7) is 3.53. The second kappa shape index (κ2) is 7.79. The molecule has 1 aromatic heterocycles. The van der Waals surface area contributed by atoms with Crippen molar-refractivity contribution in [3.8, 4) is 0 Å². The van der Waals surface area contributed by atoms with Crippen LogP contribution in [-0.4, -0.2) is 39.6 Å². The summed E-state index contributed by atoms with van der Waals surface area (Å²) >= 11 is 0. The van der Waals surface area contributed by atoms with Gasteiger partial charge >= 0.3 is 11.7 Å². The number of nitrogens with zero attached hydrogens (tertiary/aromatic N) is 2. The lowest BCUT2D eigenvalue weighted by molar-refractivity contribution is 0.162. The maximum Gasteiger partial charge on any atom is 0.326 e. The maximum absolute atomic E-state index is 12.7. The zero-order chi connectivity index (χ0) is 18.8. The van der Waals surface area contributed by atoms with E-state index >= 15 is 0 Å². The summed E-state index contributed by atoms with van der Waals surface area (Å²) < 4.78 is 1.87. The lowest BCUT2D eigenvalue weighted by Crippen LogP contribution is -2.49. The monoisotopic (exact) mass is 370 g/mol. The lowest BCUT2D eigenvalue weighted by Gasteiger charge is -2.35. The number of para-hydroxylation sites is 2. The molecule has 2 fully saturated rings. The normalized spacial score (nSPS) is 20.7. The molecule has 1 saturated carbocycles. The van der Waals surface area contributed by atoms with E-state index in [0.29, 0.717) is 19.0 Å². The smallest absolute Gasteiger partial charge is 0.326 e. The van der Waals surface area contributed by atoms with E-state index in [9.17, 15) is 9.59 Å². The Morgan fingerprint density at radius 1 is 1.11 bits per heavy atom. The van der Waals surface area contributed by atoms with Gasteiger partial charge in [-0.3, -0.25) is 4.57 Å². The number of piperidine rings is 1. The summed E-state index contributed by atoms with van der Waals surface area (Å²) in [7, 11) is 0. The highest BCUT2D eigenvalue weighted by Gasteiger charge is 2.28. The number of hydrogen-bond acceptors (Lipinski definition) is 2. The van der Waals surface area contributed by atoms with Gasteiger partial charge in [0.2, 0.25) is 0 Å². The van der Waals surface area contributed by atoms with Gasteiger partial charge in [-0.1, -0.05) is 31.4 Å². The van der Waals surface area contributed by atoms with E-state index in [1.807, 2.05) is 33.7 Å². The fourth-order valence-corrected chi connectivity index (χ4v) is 4.80. The Bertz CT molecular complexity index is 841. The predicted molar refractivity (Wildman–Crippen MR) is 107 cm³/mol. The molecule has 0 radical (unpaired) electrons. The van der Waals surface area contributed by atoms with Crippen LogP contribution in [0.2, 0.25) is 0 Å². The second-order valence-corrected chi connectivity index (χ2v) is 8.17. The zero-order valence-corrected chi connectivity index (χ0v) is 16.1. The summed E-state index contributed by atoms with van der Waals surface area (Å²) in [6, 6.07) is 8.25. The minimum atomic E-state index is -0.0509. The highest BCUT2D eigenvalue weighted by molar-refractivity contribution is 5.75. The molecule has 2 heterocycles. The first-order valence-corrected chi connectivity index (χ1v) is 10.4. The Labute approximate surface area is 159 Å². The number of H-pyrrole nitrogens is 1. The Balaban J connectivity index is 1.36. The molecular formula is C21H30N4O2.